The van der Waals surface area contributed by atoms with E-state index in [2.05, 4.69) is 6.92 Å². The smallest absolute Gasteiger partial charge is 0.232 e. The molecule has 1 amide bonds. The molecule has 0 bridgehead atoms. The molecule has 20 heavy (non-hydrogen) atoms. The number of benzene rings is 1. The minimum atomic E-state index is -0.00127. The predicted molar refractivity (Wildman–Crippen MR) is 84.0 cm³/mol. The second-order valence-electron chi connectivity index (χ2n) is 5.22. The number of aliphatic hydroxyl groups is 1. The highest BCUT2D eigenvalue weighted by Gasteiger charge is 2.33. The van der Waals surface area contributed by atoms with Crippen LogP contribution in [0.2, 0.25) is 5.02 Å². The van der Waals surface area contributed by atoms with Crippen molar-refractivity contribution < 1.29 is 9.90 Å². The maximum atomic E-state index is 12.2. The molecule has 1 heterocycles. The summed E-state index contributed by atoms with van der Waals surface area (Å²) in [6.45, 7) is 2.93. The van der Waals surface area contributed by atoms with Gasteiger partial charge in [-0.05, 0) is 30.0 Å². The SMILES string of the molecule is CC1CCN(C(=O)CSCc2ccc(Cl)cc2)C1CO. The van der Waals surface area contributed by atoms with Gasteiger partial charge in [-0.2, -0.15) is 0 Å². The van der Waals surface area contributed by atoms with Crippen LogP contribution < -0.4 is 0 Å². The van der Waals surface area contributed by atoms with Gasteiger partial charge in [-0.25, -0.2) is 0 Å². The largest absolute Gasteiger partial charge is 0.394 e. The van der Waals surface area contributed by atoms with Crippen LogP contribution in [-0.2, 0) is 10.5 Å². The second-order valence-corrected chi connectivity index (χ2v) is 6.64. The molecule has 0 aliphatic carbocycles. The first kappa shape index (κ1) is 15.7. The van der Waals surface area contributed by atoms with Crippen molar-refractivity contribution in [2.45, 2.75) is 25.1 Å². The molecule has 0 aromatic heterocycles. The molecule has 2 atom stereocenters. The Kier molecular flexibility index (Phi) is 5.75. The number of likely N-dealkylation sites (tertiary alicyclic amines) is 1. The van der Waals surface area contributed by atoms with E-state index in [0.29, 0.717) is 11.7 Å². The molecule has 1 saturated heterocycles. The van der Waals surface area contributed by atoms with Gasteiger partial charge >= 0.3 is 0 Å². The van der Waals surface area contributed by atoms with Crippen LogP contribution in [0.15, 0.2) is 24.3 Å². The van der Waals surface area contributed by atoms with Crippen LogP contribution in [0.25, 0.3) is 0 Å². The summed E-state index contributed by atoms with van der Waals surface area (Å²) in [7, 11) is 0. The third-order valence-corrected chi connectivity index (χ3v) is 5.04. The van der Waals surface area contributed by atoms with Crippen LogP contribution in [0, 0.1) is 5.92 Å². The summed E-state index contributed by atoms with van der Waals surface area (Å²) in [5.74, 6) is 1.79. The predicted octanol–water partition coefficient (Wildman–Crippen LogP) is 2.80. The zero-order valence-electron chi connectivity index (χ0n) is 11.6. The van der Waals surface area contributed by atoms with Crippen LogP contribution in [0.4, 0.5) is 0 Å². The highest BCUT2D eigenvalue weighted by atomic mass is 35.5. The lowest BCUT2D eigenvalue weighted by atomic mass is 10.0. The van der Waals surface area contributed by atoms with Crippen molar-refractivity contribution in [3.05, 3.63) is 34.9 Å². The molecule has 2 unspecified atom stereocenters. The molecular weight excluding hydrogens is 294 g/mol. The fourth-order valence-corrected chi connectivity index (χ4v) is 3.51. The summed E-state index contributed by atoms with van der Waals surface area (Å²) in [6, 6.07) is 7.69. The third kappa shape index (κ3) is 3.90. The van der Waals surface area contributed by atoms with Crippen molar-refractivity contribution in [3.8, 4) is 0 Å². The Morgan fingerprint density at radius 2 is 2.15 bits per heavy atom. The molecule has 0 saturated carbocycles. The first-order chi connectivity index (χ1) is 9.61. The molecule has 1 N–H and O–H groups in total. The molecular formula is C15H20ClNO2S. The van der Waals surface area contributed by atoms with Gasteiger partial charge in [0, 0.05) is 17.3 Å². The van der Waals surface area contributed by atoms with E-state index in [9.17, 15) is 9.90 Å². The summed E-state index contributed by atoms with van der Waals surface area (Å²) in [4.78, 5) is 14.0. The van der Waals surface area contributed by atoms with Crippen molar-refractivity contribution in [3.63, 3.8) is 0 Å². The maximum absolute atomic E-state index is 12.2. The number of hydrogen-bond donors (Lipinski definition) is 1. The summed E-state index contributed by atoms with van der Waals surface area (Å²) >= 11 is 7.44. The van der Waals surface area contributed by atoms with Gasteiger partial charge < -0.3 is 10.0 Å². The fourth-order valence-electron chi connectivity index (χ4n) is 2.52. The number of halogens is 1. The number of thioether (sulfide) groups is 1. The van der Waals surface area contributed by atoms with Gasteiger partial charge in [-0.15, -0.1) is 11.8 Å². The van der Waals surface area contributed by atoms with E-state index in [1.54, 1.807) is 11.8 Å². The van der Waals surface area contributed by atoms with Gasteiger partial charge in [0.2, 0.25) is 5.91 Å². The average molecular weight is 314 g/mol. The summed E-state index contributed by atoms with van der Waals surface area (Å²) < 4.78 is 0. The van der Waals surface area contributed by atoms with E-state index in [-0.39, 0.29) is 18.6 Å². The zero-order valence-corrected chi connectivity index (χ0v) is 13.2. The standard InChI is InChI=1S/C15H20ClNO2S/c1-11-6-7-17(14(11)8-18)15(19)10-20-9-12-2-4-13(16)5-3-12/h2-5,11,14,18H,6-10H2,1H3. The first-order valence-electron chi connectivity index (χ1n) is 6.84. The number of rotatable bonds is 5. The molecule has 1 aromatic carbocycles. The van der Waals surface area contributed by atoms with Crippen molar-refractivity contribution in [1.82, 2.24) is 4.90 Å². The summed E-state index contributed by atoms with van der Waals surface area (Å²) in [5.41, 5.74) is 1.17. The molecule has 1 aromatic rings. The van der Waals surface area contributed by atoms with E-state index in [4.69, 9.17) is 11.6 Å². The van der Waals surface area contributed by atoms with Crippen LogP contribution in [0.1, 0.15) is 18.9 Å². The number of hydrogen-bond acceptors (Lipinski definition) is 3. The number of carbonyl (C=O) groups is 1. The van der Waals surface area contributed by atoms with Gasteiger partial charge in [-0.3, -0.25) is 4.79 Å². The van der Waals surface area contributed by atoms with Crippen LogP contribution in [0.5, 0.6) is 0 Å². The fraction of sp³-hybridized carbons (Fsp3) is 0.533. The molecule has 1 fully saturated rings. The van der Waals surface area contributed by atoms with E-state index < -0.39 is 0 Å². The maximum Gasteiger partial charge on any atom is 0.232 e. The lowest BCUT2D eigenvalue weighted by Crippen LogP contribution is -2.40. The molecule has 5 heteroatoms. The van der Waals surface area contributed by atoms with Gasteiger partial charge in [0.25, 0.3) is 0 Å². The molecule has 0 radical (unpaired) electrons. The minimum absolute atomic E-state index is 0.00127. The number of nitrogens with zero attached hydrogens (tertiary/aromatic N) is 1. The number of amides is 1. The lowest BCUT2D eigenvalue weighted by molar-refractivity contribution is -0.130. The first-order valence-corrected chi connectivity index (χ1v) is 8.37. The van der Waals surface area contributed by atoms with Crippen LogP contribution in [0.3, 0.4) is 0 Å². The Bertz CT molecular complexity index is 452. The van der Waals surface area contributed by atoms with Crippen LogP contribution >= 0.6 is 23.4 Å². The van der Waals surface area contributed by atoms with E-state index in [1.165, 1.54) is 5.56 Å². The zero-order chi connectivity index (χ0) is 14.5. The molecule has 1 aliphatic heterocycles. The minimum Gasteiger partial charge on any atom is -0.394 e. The van der Waals surface area contributed by atoms with Crippen molar-refractivity contribution in [2.75, 3.05) is 18.9 Å². The summed E-state index contributed by atoms with van der Waals surface area (Å²) in [6.07, 6.45) is 0.985. The Labute approximate surface area is 129 Å². The molecule has 3 nitrogen and oxygen atoms in total. The number of aliphatic hydroxyl groups excluding tert-OH is 1. The van der Waals surface area contributed by atoms with Gasteiger partial charge in [0.15, 0.2) is 0 Å². The van der Waals surface area contributed by atoms with E-state index >= 15 is 0 Å². The topological polar surface area (TPSA) is 40.5 Å². The van der Waals surface area contributed by atoms with Crippen molar-refractivity contribution in [2.24, 2.45) is 5.92 Å². The lowest BCUT2D eigenvalue weighted by Gasteiger charge is -2.25. The third-order valence-electron chi connectivity index (χ3n) is 3.80. The number of carbonyl (C=O) groups excluding carboxylic acids is 1. The van der Waals surface area contributed by atoms with Gasteiger partial charge in [-0.1, -0.05) is 30.7 Å². The monoisotopic (exact) mass is 313 g/mol. The Morgan fingerprint density at radius 3 is 2.80 bits per heavy atom. The highest BCUT2D eigenvalue weighted by Crippen LogP contribution is 2.25. The molecule has 0 spiro atoms. The quantitative estimate of drug-likeness (QED) is 0.908. The van der Waals surface area contributed by atoms with Gasteiger partial charge in [0.1, 0.15) is 0 Å². The normalized spacial score (nSPS) is 22.2. The second kappa shape index (κ2) is 7.34. The van der Waals surface area contributed by atoms with Crippen molar-refractivity contribution >= 4 is 29.3 Å². The average Bonchev–Trinajstić information content (AvgIpc) is 2.82. The van der Waals surface area contributed by atoms with Crippen molar-refractivity contribution in [1.29, 1.82) is 0 Å². The van der Waals surface area contributed by atoms with E-state index in [1.807, 2.05) is 29.2 Å². The Hall–Kier alpha value is -0.710. The molecule has 110 valence electrons. The van der Waals surface area contributed by atoms with E-state index in [0.717, 1.165) is 23.7 Å². The van der Waals surface area contributed by atoms with Gasteiger partial charge in [0.05, 0.1) is 18.4 Å². The molecule has 2 rings (SSSR count). The summed E-state index contributed by atoms with van der Waals surface area (Å²) in [5, 5.41) is 10.1. The Morgan fingerprint density at radius 1 is 1.45 bits per heavy atom. The highest BCUT2D eigenvalue weighted by molar-refractivity contribution is 7.99. The molecule has 1 aliphatic rings. The van der Waals surface area contributed by atoms with Crippen LogP contribution in [-0.4, -0.2) is 40.9 Å². The Balaban J connectivity index is 1.79.